The number of aryl methyl sites for hydroxylation is 4. The highest BCUT2D eigenvalue weighted by Crippen LogP contribution is 2.27. The van der Waals surface area contributed by atoms with Gasteiger partial charge in [0.15, 0.2) is 6.61 Å². The number of benzene rings is 2. The van der Waals surface area contributed by atoms with E-state index in [2.05, 4.69) is 10.3 Å². The van der Waals surface area contributed by atoms with Crippen LogP contribution >= 0.6 is 11.6 Å². The summed E-state index contributed by atoms with van der Waals surface area (Å²) in [4.78, 5) is 29.3. The lowest BCUT2D eigenvalue weighted by atomic mass is 10.0. The topological polar surface area (TPSA) is 68.3 Å². The maximum absolute atomic E-state index is 12.6. The lowest BCUT2D eigenvalue weighted by Crippen LogP contribution is -2.22. The SMILES string of the molecule is Cc1cc(C)c(NC(=O)COC(=O)c2c(C)nc3ccccc3c2C)c(Cl)c1. The standard InChI is InChI=1S/C22H21ClN2O3/c1-12-9-13(2)21(17(23)10-12)25-19(26)11-28-22(27)20-14(3)16-7-5-6-8-18(16)24-15(20)4/h5-10H,11H2,1-4H3,(H,25,26). The zero-order chi connectivity index (χ0) is 20.4. The first-order valence-electron chi connectivity index (χ1n) is 8.87. The lowest BCUT2D eigenvalue weighted by Gasteiger charge is -2.13. The van der Waals surface area contributed by atoms with E-state index in [1.165, 1.54) is 0 Å². The van der Waals surface area contributed by atoms with Crippen LogP contribution < -0.4 is 5.32 Å². The number of esters is 1. The summed E-state index contributed by atoms with van der Waals surface area (Å²) in [6, 6.07) is 11.3. The summed E-state index contributed by atoms with van der Waals surface area (Å²) >= 11 is 6.20. The molecule has 0 saturated carbocycles. The first-order chi connectivity index (χ1) is 13.3. The second-order valence-electron chi connectivity index (χ2n) is 6.78. The third-order valence-electron chi connectivity index (χ3n) is 4.57. The summed E-state index contributed by atoms with van der Waals surface area (Å²) in [7, 11) is 0. The van der Waals surface area contributed by atoms with Gasteiger partial charge in [0.2, 0.25) is 0 Å². The Labute approximate surface area is 168 Å². The summed E-state index contributed by atoms with van der Waals surface area (Å²) in [6.07, 6.45) is 0. The number of carbonyl (C=O) groups excluding carboxylic acids is 2. The summed E-state index contributed by atoms with van der Waals surface area (Å²) in [5.74, 6) is -1.03. The van der Waals surface area contributed by atoms with E-state index in [4.69, 9.17) is 16.3 Å². The van der Waals surface area contributed by atoms with Gasteiger partial charge in [-0.1, -0.05) is 35.9 Å². The fourth-order valence-corrected chi connectivity index (χ4v) is 3.65. The van der Waals surface area contributed by atoms with Gasteiger partial charge in [0.1, 0.15) is 0 Å². The molecule has 0 unspecified atom stereocenters. The number of nitrogens with zero attached hydrogens (tertiary/aromatic N) is 1. The van der Waals surface area contributed by atoms with Gasteiger partial charge in [-0.2, -0.15) is 0 Å². The van der Waals surface area contributed by atoms with Crippen LogP contribution in [0.2, 0.25) is 5.02 Å². The van der Waals surface area contributed by atoms with Crippen LogP contribution in [-0.2, 0) is 9.53 Å². The number of amides is 1. The normalized spacial score (nSPS) is 10.8. The number of hydrogen-bond donors (Lipinski definition) is 1. The number of carbonyl (C=O) groups is 2. The summed E-state index contributed by atoms with van der Waals surface area (Å²) in [5.41, 5.74) is 4.92. The minimum Gasteiger partial charge on any atom is -0.452 e. The number of ether oxygens (including phenoxy) is 1. The molecule has 3 aromatic rings. The van der Waals surface area contributed by atoms with Crippen LogP contribution in [0, 0.1) is 27.7 Å². The molecular weight excluding hydrogens is 376 g/mol. The molecule has 0 bridgehead atoms. The molecule has 0 aliphatic heterocycles. The fraction of sp³-hybridized carbons (Fsp3) is 0.227. The van der Waals surface area contributed by atoms with Crippen LogP contribution in [0.1, 0.15) is 32.7 Å². The van der Waals surface area contributed by atoms with Gasteiger partial charge in [0, 0.05) is 5.39 Å². The van der Waals surface area contributed by atoms with Gasteiger partial charge in [-0.15, -0.1) is 0 Å². The predicted octanol–water partition coefficient (Wildman–Crippen LogP) is 4.92. The monoisotopic (exact) mass is 396 g/mol. The van der Waals surface area contributed by atoms with E-state index in [-0.39, 0.29) is 0 Å². The van der Waals surface area contributed by atoms with E-state index < -0.39 is 18.5 Å². The van der Waals surface area contributed by atoms with Gasteiger partial charge < -0.3 is 10.1 Å². The molecule has 0 saturated heterocycles. The molecule has 6 heteroatoms. The molecule has 1 N–H and O–H groups in total. The van der Waals surface area contributed by atoms with Crippen LogP contribution in [0.3, 0.4) is 0 Å². The number of aromatic nitrogens is 1. The maximum Gasteiger partial charge on any atom is 0.340 e. The molecule has 0 aliphatic carbocycles. The minimum absolute atomic E-state index is 0.385. The zero-order valence-electron chi connectivity index (χ0n) is 16.2. The largest absolute Gasteiger partial charge is 0.452 e. The molecule has 1 aromatic heterocycles. The van der Waals surface area contributed by atoms with Gasteiger partial charge in [0.05, 0.1) is 27.5 Å². The summed E-state index contributed by atoms with van der Waals surface area (Å²) in [6.45, 7) is 6.98. The number of rotatable bonds is 4. The van der Waals surface area contributed by atoms with E-state index >= 15 is 0 Å². The number of pyridine rings is 1. The second kappa shape index (κ2) is 7.98. The Balaban J connectivity index is 1.74. The second-order valence-corrected chi connectivity index (χ2v) is 7.18. The number of halogens is 1. The Kier molecular flexibility index (Phi) is 5.66. The van der Waals surface area contributed by atoms with Crippen LogP contribution in [-0.4, -0.2) is 23.5 Å². The predicted molar refractivity (Wildman–Crippen MR) is 111 cm³/mol. The molecule has 144 valence electrons. The molecule has 0 spiro atoms. The van der Waals surface area contributed by atoms with E-state index in [9.17, 15) is 9.59 Å². The molecule has 2 aromatic carbocycles. The zero-order valence-corrected chi connectivity index (χ0v) is 17.0. The molecule has 1 heterocycles. The molecule has 0 radical (unpaired) electrons. The third kappa shape index (κ3) is 3.99. The van der Waals surface area contributed by atoms with E-state index in [0.717, 1.165) is 27.6 Å². The Morgan fingerprint density at radius 1 is 1.11 bits per heavy atom. The van der Waals surface area contributed by atoms with Crippen LogP contribution in [0.15, 0.2) is 36.4 Å². The van der Waals surface area contributed by atoms with Crippen molar-refractivity contribution in [3.05, 3.63) is 69.4 Å². The molecule has 1 amide bonds. The summed E-state index contributed by atoms with van der Waals surface area (Å²) in [5, 5.41) is 4.04. The molecule has 5 nitrogen and oxygen atoms in total. The van der Waals surface area contributed by atoms with Crippen molar-refractivity contribution in [1.29, 1.82) is 0 Å². The lowest BCUT2D eigenvalue weighted by molar-refractivity contribution is -0.119. The van der Waals surface area contributed by atoms with E-state index in [1.807, 2.05) is 51.1 Å². The molecule has 0 aliphatic rings. The molecule has 0 atom stereocenters. The molecule has 28 heavy (non-hydrogen) atoms. The van der Waals surface area contributed by atoms with Crippen molar-refractivity contribution >= 4 is 40.1 Å². The number of fused-ring (bicyclic) bond motifs is 1. The van der Waals surface area contributed by atoms with Crippen molar-refractivity contribution in [3.8, 4) is 0 Å². The average Bonchev–Trinajstić information content (AvgIpc) is 2.63. The first-order valence-corrected chi connectivity index (χ1v) is 9.25. The van der Waals surface area contributed by atoms with Crippen molar-refractivity contribution in [2.75, 3.05) is 11.9 Å². The fourth-order valence-electron chi connectivity index (χ4n) is 3.28. The number of para-hydroxylation sites is 1. The highest BCUT2D eigenvalue weighted by molar-refractivity contribution is 6.34. The van der Waals surface area contributed by atoms with Gasteiger partial charge in [-0.3, -0.25) is 9.78 Å². The van der Waals surface area contributed by atoms with Crippen molar-refractivity contribution in [3.63, 3.8) is 0 Å². The maximum atomic E-state index is 12.6. The quantitative estimate of drug-likeness (QED) is 0.635. The Morgan fingerprint density at radius 3 is 2.54 bits per heavy atom. The Hall–Kier alpha value is -2.92. The number of nitrogens with one attached hydrogen (secondary N) is 1. The third-order valence-corrected chi connectivity index (χ3v) is 4.87. The van der Waals surface area contributed by atoms with Crippen molar-refractivity contribution in [1.82, 2.24) is 4.98 Å². The van der Waals surface area contributed by atoms with E-state index in [1.54, 1.807) is 13.0 Å². The highest BCUT2D eigenvalue weighted by atomic mass is 35.5. The molecule has 3 rings (SSSR count). The van der Waals surface area contributed by atoms with Crippen molar-refractivity contribution in [2.45, 2.75) is 27.7 Å². The first kappa shape index (κ1) is 19.8. The Morgan fingerprint density at radius 2 is 1.82 bits per heavy atom. The van der Waals surface area contributed by atoms with Crippen molar-refractivity contribution in [2.24, 2.45) is 0 Å². The number of hydrogen-bond acceptors (Lipinski definition) is 4. The molecule has 0 fully saturated rings. The van der Waals surface area contributed by atoms with Crippen LogP contribution in [0.5, 0.6) is 0 Å². The molecular formula is C22H21ClN2O3. The number of anilines is 1. The Bertz CT molecular complexity index is 1070. The van der Waals surface area contributed by atoms with Gasteiger partial charge in [0.25, 0.3) is 5.91 Å². The minimum atomic E-state index is -0.574. The summed E-state index contributed by atoms with van der Waals surface area (Å²) < 4.78 is 5.24. The van der Waals surface area contributed by atoms with Gasteiger partial charge in [-0.05, 0) is 56.5 Å². The van der Waals surface area contributed by atoms with E-state index in [0.29, 0.717) is 22.0 Å². The average molecular weight is 397 g/mol. The van der Waals surface area contributed by atoms with Crippen LogP contribution in [0.25, 0.3) is 10.9 Å². The smallest absolute Gasteiger partial charge is 0.340 e. The van der Waals surface area contributed by atoms with Gasteiger partial charge in [-0.25, -0.2) is 4.79 Å². The van der Waals surface area contributed by atoms with Crippen LogP contribution in [0.4, 0.5) is 5.69 Å². The van der Waals surface area contributed by atoms with Crippen molar-refractivity contribution < 1.29 is 14.3 Å². The highest BCUT2D eigenvalue weighted by Gasteiger charge is 2.19. The van der Waals surface area contributed by atoms with Gasteiger partial charge >= 0.3 is 5.97 Å².